The summed E-state index contributed by atoms with van der Waals surface area (Å²) in [7, 11) is 0. The van der Waals surface area contributed by atoms with Gasteiger partial charge in [-0.25, -0.2) is 0 Å². The number of furan rings is 1. The molecule has 0 aliphatic rings. The predicted molar refractivity (Wildman–Crippen MR) is 141 cm³/mol. The molecule has 1 N–H and O–H groups in total. The maximum absolute atomic E-state index is 12.9. The zero-order chi connectivity index (χ0) is 23.9. The molecule has 35 heavy (non-hydrogen) atoms. The Hall–Kier alpha value is -4.23. The lowest BCUT2D eigenvalue weighted by atomic mass is 10.1. The number of carbonyl (C=O) groups excluding carboxylic acids is 1. The van der Waals surface area contributed by atoms with Crippen LogP contribution in [-0.2, 0) is 0 Å². The highest BCUT2D eigenvalue weighted by Gasteiger charge is 2.16. The lowest BCUT2D eigenvalue weighted by Crippen LogP contribution is -2.11. The van der Waals surface area contributed by atoms with Crippen LogP contribution >= 0.6 is 15.9 Å². The Morgan fingerprint density at radius 2 is 1.63 bits per heavy atom. The van der Waals surface area contributed by atoms with Gasteiger partial charge in [-0.2, -0.15) is 0 Å². The number of carbonyl (C=O) groups is 1. The fourth-order valence-electron chi connectivity index (χ4n) is 4.11. The maximum Gasteiger partial charge on any atom is 0.291 e. The SMILES string of the molecule is Cc1cc2nn(-c3cccc4ccccc34)nc2cc1NC(=O)c1ccc(-c2ccc(Br)cc2)o1. The van der Waals surface area contributed by atoms with Gasteiger partial charge < -0.3 is 9.73 Å². The second-order valence-corrected chi connectivity index (χ2v) is 9.18. The molecule has 6 aromatic rings. The number of fused-ring (bicyclic) bond motifs is 2. The summed E-state index contributed by atoms with van der Waals surface area (Å²) in [6, 6.07) is 29.2. The number of nitrogens with one attached hydrogen (secondary N) is 1. The second kappa shape index (κ2) is 8.52. The number of halogens is 1. The summed E-state index contributed by atoms with van der Waals surface area (Å²) >= 11 is 3.43. The van der Waals surface area contributed by atoms with Gasteiger partial charge in [0, 0.05) is 21.1 Å². The summed E-state index contributed by atoms with van der Waals surface area (Å²) in [4.78, 5) is 14.6. The van der Waals surface area contributed by atoms with Crippen molar-refractivity contribution in [2.24, 2.45) is 0 Å². The van der Waals surface area contributed by atoms with Crippen molar-refractivity contribution >= 4 is 49.3 Å². The Balaban J connectivity index is 1.30. The summed E-state index contributed by atoms with van der Waals surface area (Å²) in [6.07, 6.45) is 0. The average molecular weight is 523 g/mol. The van der Waals surface area contributed by atoms with Gasteiger partial charge >= 0.3 is 0 Å². The van der Waals surface area contributed by atoms with Crippen molar-refractivity contribution in [2.45, 2.75) is 6.92 Å². The van der Waals surface area contributed by atoms with Gasteiger partial charge in [0.15, 0.2) is 5.76 Å². The molecule has 0 saturated carbocycles. The molecule has 0 atom stereocenters. The lowest BCUT2D eigenvalue weighted by Gasteiger charge is -2.06. The molecular formula is C28H19BrN4O2. The molecule has 7 heteroatoms. The van der Waals surface area contributed by atoms with Gasteiger partial charge in [-0.15, -0.1) is 15.0 Å². The number of aryl methyl sites for hydroxylation is 1. The van der Waals surface area contributed by atoms with Gasteiger partial charge in [0.05, 0.1) is 5.69 Å². The molecule has 0 aliphatic heterocycles. The maximum atomic E-state index is 12.9. The second-order valence-electron chi connectivity index (χ2n) is 8.27. The molecule has 4 aromatic carbocycles. The molecule has 0 spiro atoms. The van der Waals surface area contributed by atoms with Crippen LogP contribution in [-0.4, -0.2) is 20.9 Å². The highest BCUT2D eigenvalue weighted by molar-refractivity contribution is 9.10. The van der Waals surface area contributed by atoms with Gasteiger partial charge in [0.2, 0.25) is 0 Å². The van der Waals surface area contributed by atoms with Crippen LogP contribution in [0.25, 0.3) is 38.8 Å². The molecule has 2 heterocycles. The Bertz CT molecular complexity index is 1710. The van der Waals surface area contributed by atoms with Crippen LogP contribution in [0, 0.1) is 6.92 Å². The monoisotopic (exact) mass is 522 g/mol. The van der Waals surface area contributed by atoms with E-state index in [-0.39, 0.29) is 11.7 Å². The molecule has 0 bridgehead atoms. The Morgan fingerprint density at radius 3 is 2.46 bits per heavy atom. The third kappa shape index (κ3) is 4.00. The zero-order valence-electron chi connectivity index (χ0n) is 18.7. The van der Waals surface area contributed by atoms with Gasteiger partial charge in [-0.3, -0.25) is 4.79 Å². The van der Waals surface area contributed by atoms with Gasteiger partial charge in [0.25, 0.3) is 5.91 Å². The van der Waals surface area contributed by atoms with Gasteiger partial charge in [-0.05, 0) is 60.3 Å². The highest BCUT2D eigenvalue weighted by atomic mass is 79.9. The summed E-state index contributed by atoms with van der Waals surface area (Å²) in [6.45, 7) is 1.93. The number of rotatable bonds is 4. The summed E-state index contributed by atoms with van der Waals surface area (Å²) in [5.74, 6) is 0.548. The van der Waals surface area contributed by atoms with E-state index in [4.69, 9.17) is 9.52 Å². The van der Waals surface area contributed by atoms with Crippen LogP contribution in [0.15, 0.2) is 99.9 Å². The van der Waals surface area contributed by atoms with Gasteiger partial charge in [-0.1, -0.05) is 64.5 Å². The molecule has 170 valence electrons. The number of hydrogen-bond donors (Lipinski definition) is 1. The van der Waals surface area contributed by atoms with Crippen molar-refractivity contribution in [2.75, 3.05) is 5.32 Å². The van der Waals surface area contributed by atoms with Crippen molar-refractivity contribution in [1.82, 2.24) is 15.0 Å². The molecule has 0 saturated heterocycles. The van der Waals surface area contributed by atoms with E-state index in [0.29, 0.717) is 17.0 Å². The van der Waals surface area contributed by atoms with E-state index in [2.05, 4.69) is 44.5 Å². The molecule has 6 rings (SSSR count). The standard InChI is InChI=1S/C28H19BrN4O2/c1-17-15-23-24(32-33(31-23)25-8-4-6-18-5-2-3-7-21(18)25)16-22(17)30-28(34)27-14-13-26(35-27)19-9-11-20(29)12-10-19/h2-16H,1H3,(H,30,34). The number of benzene rings is 4. The van der Waals surface area contributed by atoms with E-state index in [1.54, 1.807) is 16.9 Å². The fraction of sp³-hybridized carbons (Fsp3) is 0.0357. The van der Waals surface area contributed by atoms with Crippen molar-refractivity contribution in [3.8, 4) is 17.0 Å². The Morgan fingerprint density at radius 1 is 0.886 bits per heavy atom. The predicted octanol–water partition coefficient (Wildman–Crippen LogP) is 7.16. The van der Waals surface area contributed by atoms with E-state index >= 15 is 0 Å². The third-order valence-electron chi connectivity index (χ3n) is 5.92. The fourth-order valence-corrected chi connectivity index (χ4v) is 4.37. The van der Waals surface area contributed by atoms with E-state index < -0.39 is 0 Å². The first-order valence-electron chi connectivity index (χ1n) is 11.1. The molecule has 6 nitrogen and oxygen atoms in total. The summed E-state index contributed by atoms with van der Waals surface area (Å²) < 4.78 is 6.79. The number of anilines is 1. The molecule has 0 aliphatic carbocycles. The average Bonchev–Trinajstić information content (AvgIpc) is 3.52. The van der Waals surface area contributed by atoms with Gasteiger partial charge in [0.1, 0.15) is 16.8 Å². The highest BCUT2D eigenvalue weighted by Crippen LogP contribution is 2.27. The first-order valence-corrected chi connectivity index (χ1v) is 11.9. The van der Waals surface area contributed by atoms with Crippen molar-refractivity contribution in [3.63, 3.8) is 0 Å². The lowest BCUT2D eigenvalue weighted by molar-refractivity contribution is 0.0997. The molecular weight excluding hydrogens is 504 g/mol. The minimum atomic E-state index is -0.322. The van der Waals surface area contributed by atoms with Crippen LogP contribution in [0.1, 0.15) is 16.1 Å². The molecule has 0 fully saturated rings. The largest absolute Gasteiger partial charge is 0.451 e. The normalized spacial score (nSPS) is 11.3. The first-order chi connectivity index (χ1) is 17.0. The van der Waals surface area contributed by atoms with Crippen molar-refractivity contribution in [1.29, 1.82) is 0 Å². The smallest absolute Gasteiger partial charge is 0.291 e. The number of aromatic nitrogens is 3. The Kier molecular flexibility index (Phi) is 5.19. The minimum absolute atomic E-state index is 0.238. The van der Waals surface area contributed by atoms with Crippen LogP contribution in [0.2, 0.25) is 0 Å². The summed E-state index contributed by atoms with van der Waals surface area (Å²) in [5, 5.41) is 14.5. The number of nitrogens with zero attached hydrogens (tertiary/aromatic N) is 3. The number of amides is 1. The van der Waals surface area contributed by atoms with Crippen LogP contribution in [0.5, 0.6) is 0 Å². The quantitative estimate of drug-likeness (QED) is 0.266. The number of hydrogen-bond acceptors (Lipinski definition) is 4. The molecule has 0 unspecified atom stereocenters. The zero-order valence-corrected chi connectivity index (χ0v) is 20.3. The van der Waals surface area contributed by atoms with E-state index in [9.17, 15) is 4.79 Å². The van der Waals surface area contributed by atoms with Crippen molar-refractivity contribution in [3.05, 3.63) is 107 Å². The van der Waals surface area contributed by atoms with E-state index in [1.807, 2.05) is 67.6 Å². The Labute approximate surface area is 209 Å². The van der Waals surface area contributed by atoms with E-state index in [1.165, 1.54) is 0 Å². The molecule has 0 radical (unpaired) electrons. The first kappa shape index (κ1) is 21.3. The molecule has 1 amide bonds. The third-order valence-corrected chi connectivity index (χ3v) is 6.44. The molecule has 2 aromatic heterocycles. The van der Waals surface area contributed by atoms with Crippen LogP contribution in [0.3, 0.4) is 0 Å². The van der Waals surface area contributed by atoms with E-state index in [0.717, 1.165) is 37.6 Å². The topological polar surface area (TPSA) is 73.0 Å². The van der Waals surface area contributed by atoms with Crippen LogP contribution in [0.4, 0.5) is 5.69 Å². The minimum Gasteiger partial charge on any atom is -0.451 e. The van der Waals surface area contributed by atoms with Crippen LogP contribution < -0.4 is 5.32 Å². The summed E-state index contributed by atoms with van der Waals surface area (Å²) in [5.41, 5.74) is 4.79. The van der Waals surface area contributed by atoms with Crippen molar-refractivity contribution < 1.29 is 9.21 Å².